The molecule has 2 N–H and O–H groups in total. The standard InChI is InChI=1S/C12H21N3O5S/c1-3-14(10-4-7-21(19,20)8-10)11(17)12(18)15(6-5-13)9(2)16/h10H,3-8,13H2,1-2H3. The van der Waals surface area contributed by atoms with Gasteiger partial charge in [0.15, 0.2) is 9.84 Å². The van der Waals surface area contributed by atoms with Crippen molar-refractivity contribution in [2.45, 2.75) is 26.3 Å². The Morgan fingerprint density at radius 1 is 1.24 bits per heavy atom. The zero-order valence-electron chi connectivity index (χ0n) is 12.2. The molecule has 0 radical (unpaired) electrons. The largest absolute Gasteiger partial charge is 0.331 e. The van der Waals surface area contributed by atoms with Crippen molar-refractivity contribution < 1.29 is 22.8 Å². The normalized spacial score (nSPS) is 20.0. The molecule has 9 heteroatoms. The van der Waals surface area contributed by atoms with E-state index in [0.717, 1.165) is 4.90 Å². The summed E-state index contributed by atoms with van der Waals surface area (Å²) in [5.74, 6) is -2.51. The lowest BCUT2D eigenvalue weighted by Gasteiger charge is -2.28. The second-order valence-electron chi connectivity index (χ2n) is 4.91. The molecule has 1 aliphatic heterocycles. The summed E-state index contributed by atoms with van der Waals surface area (Å²) >= 11 is 0. The van der Waals surface area contributed by atoms with Gasteiger partial charge in [0.2, 0.25) is 5.91 Å². The topological polar surface area (TPSA) is 118 Å². The maximum atomic E-state index is 12.2. The molecule has 1 aliphatic rings. The first-order valence-electron chi connectivity index (χ1n) is 6.77. The lowest BCUT2D eigenvalue weighted by atomic mass is 10.2. The Morgan fingerprint density at radius 3 is 2.24 bits per heavy atom. The Hall–Kier alpha value is -1.48. The number of imide groups is 1. The molecule has 0 aliphatic carbocycles. The Labute approximate surface area is 124 Å². The summed E-state index contributed by atoms with van der Waals surface area (Å²) in [6.07, 6.45) is 0.312. The predicted octanol–water partition coefficient (Wildman–Crippen LogP) is -1.64. The molecular formula is C12H21N3O5S. The second kappa shape index (κ2) is 6.99. The third kappa shape index (κ3) is 4.24. The number of nitrogens with two attached hydrogens (primary N) is 1. The monoisotopic (exact) mass is 319 g/mol. The summed E-state index contributed by atoms with van der Waals surface area (Å²) in [6.45, 7) is 3.07. The van der Waals surface area contributed by atoms with Crippen molar-refractivity contribution in [2.75, 3.05) is 31.1 Å². The molecule has 21 heavy (non-hydrogen) atoms. The zero-order valence-corrected chi connectivity index (χ0v) is 13.1. The molecule has 120 valence electrons. The van der Waals surface area contributed by atoms with Gasteiger partial charge >= 0.3 is 11.8 Å². The summed E-state index contributed by atoms with van der Waals surface area (Å²) in [5, 5.41) is 0. The van der Waals surface area contributed by atoms with Gasteiger partial charge < -0.3 is 10.6 Å². The number of rotatable bonds is 4. The number of sulfone groups is 1. The molecule has 1 heterocycles. The number of hydrogen-bond donors (Lipinski definition) is 1. The highest BCUT2D eigenvalue weighted by Gasteiger charge is 2.37. The molecule has 0 aromatic heterocycles. The molecule has 1 atom stereocenters. The van der Waals surface area contributed by atoms with Crippen molar-refractivity contribution in [1.82, 2.24) is 9.80 Å². The van der Waals surface area contributed by atoms with Crippen LogP contribution < -0.4 is 5.73 Å². The van der Waals surface area contributed by atoms with Crippen LogP contribution in [0, 0.1) is 0 Å². The van der Waals surface area contributed by atoms with E-state index < -0.39 is 33.6 Å². The predicted molar refractivity (Wildman–Crippen MR) is 75.9 cm³/mol. The van der Waals surface area contributed by atoms with Crippen LogP contribution in [0.5, 0.6) is 0 Å². The first-order chi connectivity index (χ1) is 9.73. The summed E-state index contributed by atoms with van der Waals surface area (Å²) < 4.78 is 23.0. The highest BCUT2D eigenvalue weighted by Crippen LogP contribution is 2.18. The van der Waals surface area contributed by atoms with Gasteiger partial charge in [-0.1, -0.05) is 0 Å². The number of carbonyl (C=O) groups excluding carboxylic acids is 3. The smallest absolute Gasteiger partial charge is 0.318 e. The van der Waals surface area contributed by atoms with Gasteiger partial charge in [-0.3, -0.25) is 19.3 Å². The van der Waals surface area contributed by atoms with Crippen molar-refractivity contribution in [1.29, 1.82) is 0 Å². The Morgan fingerprint density at radius 2 is 1.86 bits per heavy atom. The van der Waals surface area contributed by atoms with Gasteiger partial charge in [-0.05, 0) is 13.3 Å². The molecule has 1 unspecified atom stereocenters. The van der Waals surface area contributed by atoms with Crippen LogP contribution in [0.2, 0.25) is 0 Å². The van der Waals surface area contributed by atoms with Crippen molar-refractivity contribution in [3.8, 4) is 0 Å². The van der Waals surface area contributed by atoms with Crippen molar-refractivity contribution in [3.63, 3.8) is 0 Å². The lowest BCUT2D eigenvalue weighted by molar-refractivity contribution is -0.157. The van der Waals surface area contributed by atoms with E-state index in [4.69, 9.17) is 5.73 Å². The van der Waals surface area contributed by atoms with E-state index in [1.54, 1.807) is 6.92 Å². The molecule has 8 nitrogen and oxygen atoms in total. The zero-order chi connectivity index (χ0) is 16.2. The molecule has 0 spiro atoms. The number of hydrogen-bond acceptors (Lipinski definition) is 6. The van der Waals surface area contributed by atoms with Crippen LogP contribution >= 0.6 is 0 Å². The van der Waals surface area contributed by atoms with Gasteiger partial charge in [0.25, 0.3) is 0 Å². The van der Waals surface area contributed by atoms with Crippen molar-refractivity contribution in [3.05, 3.63) is 0 Å². The number of carbonyl (C=O) groups is 3. The molecule has 3 amide bonds. The number of likely N-dealkylation sites (N-methyl/N-ethyl adjacent to an activating group) is 1. The molecule has 1 fully saturated rings. The summed E-state index contributed by atoms with van der Waals surface area (Å²) in [5.41, 5.74) is 5.32. The van der Waals surface area contributed by atoms with Crippen LogP contribution in [-0.2, 0) is 24.2 Å². The van der Waals surface area contributed by atoms with E-state index in [-0.39, 0.29) is 31.1 Å². The van der Waals surface area contributed by atoms with E-state index in [2.05, 4.69) is 0 Å². The van der Waals surface area contributed by atoms with Gasteiger partial charge in [0, 0.05) is 32.6 Å². The minimum absolute atomic E-state index is 0.00879. The van der Waals surface area contributed by atoms with Gasteiger partial charge in [-0.25, -0.2) is 8.42 Å². The van der Waals surface area contributed by atoms with E-state index >= 15 is 0 Å². The summed E-state index contributed by atoms with van der Waals surface area (Å²) in [7, 11) is -3.16. The van der Waals surface area contributed by atoms with Crippen molar-refractivity contribution >= 4 is 27.6 Å². The summed E-state index contributed by atoms with van der Waals surface area (Å²) in [4.78, 5) is 37.7. The molecule has 1 saturated heterocycles. The van der Waals surface area contributed by atoms with Gasteiger partial charge in [0.05, 0.1) is 11.5 Å². The van der Waals surface area contributed by atoms with Gasteiger partial charge in [-0.2, -0.15) is 0 Å². The molecule has 0 bridgehead atoms. The average molecular weight is 319 g/mol. The number of nitrogens with zero attached hydrogens (tertiary/aromatic N) is 2. The van der Waals surface area contributed by atoms with Crippen LogP contribution in [0.3, 0.4) is 0 Å². The molecule has 0 aromatic carbocycles. The third-order valence-corrected chi connectivity index (χ3v) is 5.16. The number of amides is 3. The SMILES string of the molecule is CCN(C(=O)C(=O)N(CCN)C(C)=O)C1CCS(=O)(=O)C1. The van der Waals surface area contributed by atoms with E-state index in [1.165, 1.54) is 11.8 Å². The third-order valence-electron chi connectivity index (χ3n) is 3.41. The molecular weight excluding hydrogens is 298 g/mol. The molecule has 1 rings (SSSR count). The van der Waals surface area contributed by atoms with Crippen LogP contribution in [-0.4, -0.2) is 73.1 Å². The minimum atomic E-state index is -3.16. The lowest BCUT2D eigenvalue weighted by Crippen LogP contribution is -2.51. The van der Waals surface area contributed by atoms with Crippen LogP contribution in [0.15, 0.2) is 0 Å². The fourth-order valence-electron chi connectivity index (χ4n) is 2.36. The highest BCUT2D eigenvalue weighted by molar-refractivity contribution is 7.91. The first kappa shape index (κ1) is 17.6. The van der Waals surface area contributed by atoms with Crippen LogP contribution in [0.1, 0.15) is 20.3 Å². The van der Waals surface area contributed by atoms with E-state index in [1.807, 2.05) is 0 Å². The minimum Gasteiger partial charge on any atom is -0.331 e. The second-order valence-corrected chi connectivity index (χ2v) is 7.14. The summed E-state index contributed by atoms with van der Waals surface area (Å²) in [6, 6.07) is -0.511. The van der Waals surface area contributed by atoms with Gasteiger partial charge in [-0.15, -0.1) is 0 Å². The van der Waals surface area contributed by atoms with Crippen molar-refractivity contribution in [2.24, 2.45) is 5.73 Å². The van der Waals surface area contributed by atoms with Crippen LogP contribution in [0.25, 0.3) is 0 Å². The Balaban J connectivity index is 2.88. The fraction of sp³-hybridized carbons (Fsp3) is 0.750. The van der Waals surface area contributed by atoms with E-state index in [9.17, 15) is 22.8 Å². The average Bonchev–Trinajstić information content (AvgIpc) is 2.75. The van der Waals surface area contributed by atoms with E-state index in [0.29, 0.717) is 6.42 Å². The van der Waals surface area contributed by atoms with Gasteiger partial charge in [0.1, 0.15) is 0 Å². The van der Waals surface area contributed by atoms with Crippen LogP contribution in [0.4, 0.5) is 0 Å². The maximum Gasteiger partial charge on any atom is 0.318 e. The molecule has 0 saturated carbocycles. The highest BCUT2D eigenvalue weighted by atomic mass is 32.2. The Kier molecular flexibility index (Phi) is 5.85. The maximum absolute atomic E-state index is 12.2. The molecule has 0 aromatic rings. The fourth-order valence-corrected chi connectivity index (χ4v) is 4.09. The first-order valence-corrected chi connectivity index (χ1v) is 8.59. The Bertz CT molecular complexity index is 531. The quantitative estimate of drug-likeness (QED) is 0.621.